The van der Waals surface area contributed by atoms with Gasteiger partial charge in [0, 0.05) is 18.7 Å². The first-order chi connectivity index (χ1) is 9.69. The van der Waals surface area contributed by atoms with Gasteiger partial charge in [-0.15, -0.1) is 0 Å². The van der Waals surface area contributed by atoms with E-state index in [9.17, 15) is 4.79 Å². The summed E-state index contributed by atoms with van der Waals surface area (Å²) in [6.45, 7) is 7.00. The lowest BCUT2D eigenvalue weighted by molar-refractivity contribution is -0.122. The number of carbonyl (C=O) groups excluding carboxylic acids is 1. The second kappa shape index (κ2) is 9.13. The van der Waals surface area contributed by atoms with E-state index in [1.165, 1.54) is 0 Å². The van der Waals surface area contributed by atoms with Crippen LogP contribution in [-0.4, -0.2) is 37.0 Å². The van der Waals surface area contributed by atoms with Crippen LogP contribution in [-0.2, 0) is 11.3 Å². The maximum atomic E-state index is 11.6. The number of hydrogen-bond donors (Lipinski definition) is 2. The second-order valence-corrected chi connectivity index (χ2v) is 4.46. The fourth-order valence-electron chi connectivity index (χ4n) is 1.89. The summed E-state index contributed by atoms with van der Waals surface area (Å²) in [7, 11) is 0. The van der Waals surface area contributed by atoms with E-state index in [4.69, 9.17) is 5.73 Å². The van der Waals surface area contributed by atoms with E-state index in [0.29, 0.717) is 19.6 Å². The Morgan fingerprint density at radius 1 is 1.40 bits per heavy atom. The van der Waals surface area contributed by atoms with Crippen molar-refractivity contribution in [3.05, 3.63) is 35.4 Å². The van der Waals surface area contributed by atoms with Gasteiger partial charge in [-0.25, -0.2) is 0 Å². The first kappa shape index (κ1) is 16.2. The van der Waals surface area contributed by atoms with E-state index in [-0.39, 0.29) is 5.91 Å². The molecule has 0 aromatic heterocycles. The lowest BCUT2D eigenvalue weighted by Crippen LogP contribution is -2.36. The van der Waals surface area contributed by atoms with Gasteiger partial charge in [0.05, 0.1) is 13.1 Å². The number of benzene rings is 1. The van der Waals surface area contributed by atoms with Crippen LogP contribution in [0.25, 0.3) is 0 Å². The van der Waals surface area contributed by atoms with E-state index in [1.807, 2.05) is 31.2 Å². The lowest BCUT2D eigenvalue weighted by atomic mass is 10.1. The molecule has 4 nitrogen and oxygen atoms in total. The van der Waals surface area contributed by atoms with Crippen LogP contribution in [0, 0.1) is 11.8 Å². The minimum atomic E-state index is 0.0634. The Morgan fingerprint density at radius 2 is 2.20 bits per heavy atom. The minimum absolute atomic E-state index is 0.0634. The molecule has 0 radical (unpaired) electrons. The molecule has 0 heterocycles. The van der Waals surface area contributed by atoms with Crippen LogP contribution in [0.4, 0.5) is 0 Å². The van der Waals surface area contributed by atoms with Crippen LogP contribution in [0.1, 0.15) is 25.0 Å². The number of likely N-dealkylation sites (N-methyl/N-ethyl adjacent to an activating group) is 2. The molecule has 1 rings (SSSR count). The molecule has 3 N–H and O–H groups in total. The molecule has 0 atom stereocenters. The lowest BCUT2D eigenvalue weighted by Gasteiger charge is -2.19. The molecule has 0 unspecified atom stereocenters. The molecule has 20 heavy (non-hydrogen) atoms. The normalized spacial score (nSPS) is 10.0. The maximum absolute atomic E-state index is 11.6. The molecule has 1 aromatic carbocycles. The predicted octanol–water partition coefficient (Wildman–Crippen LogP) is 0.955. The Kier molecular flexibility index (Phi) is 7.41. The highest BCUT2D eigenvalue weighted by molar-refractivity contribution is 5.77. The number of hydrogen-bond acceptors (Lipinski definition) is 3. The van der Waals surface area contributed by atoms with E-state index in [0.717, 1.165) is 24.2 Å². The molecule has 0 aliphatic rings. The van der Waals surface area contributed by atoms with Gasteiger partial charge in [0.2, 0.25) is 5.91 Å². The van der Waals surface area contributed by atoms with Crippen molar-refractivity contribution in [2.75, 3.05) is 26.2 Å². The van der Waals surface area contributed by atoms with Gasteiger partial charge < -0.3 is 11.1 Å². The van der Waals surface area contributed by atoms with Crippen LogP contribution in [0.15, 0.2) is 24.3 Å². The van der Waals surface area contributed by atoms with Gasteiger partial charge in [0.1, 0.15) is 0 Å². The second-order valence-electron chi connectivity index (χ2n) is 4.46. The van der Waals surface area contributed by atoms with Crippen molar-refractivity contribution in [1.29, 1.82) is 0 Å². The maximum Gasteiger partial charge on any atom is 0.234 e. The van der Waals surface area contributed by atoms with E-state index in [1.54, 1.807) is 0 Å². The van der Waals surface area contributed by atoms with E-state index < -0.39 is 0 Å². The average Bonchev–Trinajstić information content (AvgIpc) is 2.45. The summed E-state index contributed by atoms with van der Waals surface area (Å²) in [4.78, 5) is 13.7. The number of rotatable bonds is 6. The molecule has 0 aliphatic carbocycles. The van der Waals surface area contributed by atoms with Crippen molar-refractivity contribution >= 4 is 5.91 Å². The van der Waals surface area contributed by atoms with Crippen LogP contribution in [0.2, 0.25) is 0 Å². The van der Waals surface area contributed by atoms with Gasteiger partial charge in [-0.2, -0.15) is 0 Å². The highest BCUT2D eigenvalue weighted by Crippen LogP contribution is 2.07. The van der Waals surface area contributed by atoms with Crippen LogP contribution >= 0.6 is 0 Å². The number of amides is 1. The molecular formula is C16H23N3O. The van der Waals surface area contributed by atoms with Gasteiger partial charge in [0.15, 0.2) is 0 Å². The van der Waals surface area contributed by atoms with Gasteiger partial charge in [-0.05, 0) is 31.2 Å². The van der Waals surface area contributed by atoms with Gasteiger partial charge in [-0.3, -0.25) is 9.69 Å². The summed E-state index contributed by atoms with van der Waals surface area (Å²) >= 11 is 0. The zero-order valence-electron chi connectivity index (χ0n) is 12.3. The molecule has 4 heteroatoms. The van der Waals surface area contributed by atoms with Gasteiger partial charge in [-0.1, -0.05) is 30.9 Å². The Bertz CT molecular complexity index is 488. The smallest absolute Gasteiger partial charge is 0.234 e. The van der Waals surface area contributed by atoms with Crippen molar-refractivity contribution in [2.24, 2.45) is 5.73 Å². The third-order valence-electron chi connectivity index (χ3n) is 2.86. The monoisotopic (exact) mass is 273 g/mol. The standard InChI is InChI=1S/C16H23N3O/c1-3-18-16(20)13-19(4-2)12-15-8-5-7-14(11-15)9-6-10-17/h5,7-8,11H,3-4,10,12-13,17H2,1-2H3,(H,18,20). The van der Waals surface area contributed by atoms with E-state index in [2.05, 4.69) is 29.0 Å². The Morgan fingerprint density at radius 3 is 2.85 bits per heavy atom. The van der Waals surface area contributed by atoms with Crippen molar-refractivity contribution in [3.63, 3.8) is 0 Å². The summed E-state index contributed by atoms with van der Waals surface area (Å²) in [6, 6.07) is 8.04. The molecule has 0 spiro atoms. The highest BCUT2D eigenvalue weighted by Gasteiger charge is 2.08. The summed E-state index contributed by atoms with van der Waals surface area (Å²) in [6.07, 6.45) is 0. The van der Waals surface area contributed by atoms with Crippen molar-refractivity contribution < 1.29 is 4.79 Å². The summed E-state index contributed by atoms with van der Waals surface area (Å²) in [5, 5.41) is 2.82. The molecule has 0 saturated heterocycles. The van der Waals surface area contributed by atoms with Crippen LogP contribution in [0.3, 0.4) is 0 Å². The number of carbonyl (C=O) groups is 1. The Balaban J connectivity index is 2.67. The van der Waals surface area contributed by atoms with Crippen molar-refractivity contribution in [3.8, 4) is 11.8 Å². The molecule has 1 amide bonds. The third-order valence-corrected chi connectivity index (χ3v) is 2.86. The molecule has 1 aromatic rings. The first-order valence-electron chi connectivity index (χ1n) is 6.96. The molecule has 0 bridgehead atoms. The molecule has 0 fully saturated rings. The Hall–Kier alpha value is -1.83. The third kappa shape index (κ3) is 5.87. The topological polar surface area (TPSA) is 58.4 Å². The highest BCUT2D eigenvalue weighted by atomic mass is 16.2. The number of nitrogens with zero attached hydrogens (tertiary/aromatic N) is 1. The molecule has 108 valence electrons. The number of nitrogens with one attached hydrogen (secondary N) is 1. The van der Waals surface area contributed by atoms with E-state index >= 15 is 0 Å². The average molecular weight is 273 g/mol. The zero-order valence-corrected chi connectivity index (χ0v) is 12.3. The fourth-order valence-corrected chi connectivity index (χ4v) is 1.89. The molecule has 0 saturated carbocycles. The minimum Gasteiger partial charge on any atom is -0.355 e. The quantitative estimate of drug-likeness (QED) is 0.759. The van der Waals surface area contributed by atoms with Crippen LogP contribution < -0.4 is 11.1 Å². The summed E-state index contributed by atoms with van der Waals surface area (Å²) in [5.74, 6) is 5.94. The summed E-state index contributed by atoms with van der Waals surface area (Å²) < 4.78 is 0. The zero-order chi connectivity index (χ0) is 14.8. The SMILES string of the molecule is CCNC(=O)CN(CC)Cc1cccc(C#CCN)c1. The molecule has 0 aliphatic heterocycles. The number of nitrogens with two attached hydrogens (primary N) is 1. The predicted molar refractivity (Wildman–Crippen MR) is 82.0 cm³/mol. The summed E-state index contributed by atoms with van der Waals surface area (Å²) in [5.41, 5.74) is 7.49. The van der Waals surface area contributed by atoms with Crippen molar-refractivity contribution in [2.45, 2.75) is 20.4 Å². The van der Waals surface area contributed by atoms with Crippen LogP contribution in [0.5, 0.6) is 0 Å². The molecular weight excluding hydrogens is 250 g/mol. The van der Waals surface area contributed by atoms with Gasteiger partial charge >= 0.3 is 0 Å². The first-order valence-corrected chi connectivity index (χ1v) is 6.96. The van der Waals surface area contributed by atoms with Gasteiger partial charge in [0.25, 0.3) is 0 Å². The van der Waals surface area contributed by atoms with Crippen molar-refractivity contribution in [1.82, 2.24) is 10.2 Å². The fraction of sp³-hybridized carbons (Fsp3) is 0.438. The Labute approximate surface area is 121 Å². The largest absolute Gasteiger partial charge is 0.355 e.